The molecule has 5 nitrogen and oxygen atoms in total. The van der Waals surface area contributed by atoms with Gasteiger partial charge in [-0.05, 0) is 31.2 Å². The number of fused-ring (bicyclic) bond motifs is 1. The summed E-state index contributed by atoms with van der Waals surface area (Å²) in [4.78, 5) is 18.4. The van der Waals surface area contributed by atoms with Gasteiger partial charge in [0.25, 0.3) is 0 Å². The fourth-order valence-corrected chi connectivity index (χ4v) is 2.76. The monoisotopic (exact) mass is 322 g/mol. The van der Waals surface area contributed by atoms with Crippen molar-refractivity contribution in [3.8, 4) is 5.75 Å². The van der Waals surface area contributed by atoms with Crippen LogP contribution in [0.25, 0.3) is 11.1 Å². The van der Waals surface area contributed by atoms with E-state index in [1.807, 2.05) is 55.5 Å². The molecule has 2 aromatic carbocycles. The number of hydrogen-bond acceptors (Lipinski definition) is 4. The number of aryl methyl sites for hydroxylation is 1. The van der Waals surface area contributed by atoms with Crippen molar-refractivity contribution in [3.63, 3.8) is 0 Å². The second-order valence-electron chi connectivity index (χ2n) is 6.10. The highest BCUT2D eigenvalue weighted by Crippen LogP contribution is 2.20. The molecule has 1 saturated heterocycles. The van der Waals surface area contributed by atoms with Gasteiger partial charge in [-0.1, -0.05) is 29.8 Å². The summed E-state index contributed by atoms with van der Waals surface area (Å²) in [6, 6.07) is 15.5. The number of carbonyl (C=O) groups excluding carboxylic acids is 1. The molecule has 1 fully saturated rings. The SMILES string of the molecule is Cc1ccc(OC2CN(C(=O)Cc3nc4ccccc4o3)C2)cc1. The second-order valence-corrected chi connectivity index (χ2v) is 6.10. The Bertz CT molecular complexity index is 831. The minimum atomic E-state index is 0.0188. The lowest BCUT2D eigenvalue weighted by Gasteiger charge is -2.38. The number of amides is 1. The van der Waals surface area contributed by atoms with Crippen LogP contribution >= 0.6 is 0 Å². The third-order valence-corrected chi connectivity index (χ3v) is 4.17. The van der Waals surface area contributed by atoms with Gasteiger partial charge < -0.3 is 14.1 Å². The van der Waals surface area contributed by atoms with E-state index in [0.29, 0.717) is 24.6 Å². The van der Waals surface area contributed by atoms with Gasteiger partial charge in [-0.25, -0.2) is 4.98 Å². The molecule has 0 N–H and O–H groups in total. The molecule has 24 heavy (non-hydrogen) atoms. The third kappa shape index (κ3) is 2.97. The standard InChI is InChI=1S/C19H18N2O3/c1-13-6-8-14(9-7-13)23-15-11-21(12-15)19(22)10-18-20-16-4-2-3-5-17(16)24-18/h2-9,15H,10-12H2,1H3. The molecule has 0 spiro atoms. The van der Waals surface area contributed by atoms with Crippen LogP contribution in [-0.2, 0) is 11.2 Å². The lowest BCUT2D eigenvalue weighted by molar-refractivity contribution is -0.139. The van der Waals surface area contributed by atoms with Crippen LogP contribution < -0.4 is 4.74 Å². The summed E-state index contributed by atoms with van der Waals surface area (Å²) in [6.45, 7) is 3.25. The quantitative estimate of drug-likeness (QED) is 0.741. The summed E-state index contributed by atoms with van der Waals surface area (Å²) in [6.07, 6.45) is 0.242. The van der Waals surface area contributed by atoms with Gasteiger partial charge in [0.2, 0.25) is 11.8 Å². The predicted molar refractivity (Wildman–Crippen MR) is 89.9 cm³/mol. The lowest BCUT2D eigenvalue weighted by atomic mass is 10.1. The molecule has 0 unspecified atom stereocenters. The molecule has 4 rings (SSSR count). The minimum Gasteiger partial charge on any atom is -0.487 e. The van der Waals surface area contributed by atoms with Crippen LogP contribution in [0.3, 0.4) is 0 Å². The number of rotatable bonds is 4. The second kappa shape index (κ2) is 6.00. The Morgan fingerprint density at radius 2 is 1.96 bits per heavy atom. The van der Waals surface area contributed by atoms with Crippen LogP contribution in [0, 0.1) is 6.92 Å². The molecular weight excluding hydrogens is 304 g/mol. The fourth-order valence-electron chi connectivity index (χ4n) is 2.76. The molecule has 122 valence electrons. The number of para-hydroxylation sites is 2. The summed E-state index contributed by atoms with van der Waals surface area (Å²) >= 11 is 0. The number of nitrogens with zero attached hydrogens (tertiary/aromatic N) is 2. The molecular formula is C19H18N2O3. The first-order valence-electron chi connectivity index (χ1n) is 8.03. The Morgan fingerprint density at radius 1 is 1.21 bits per heavy atom. The van der Waals surface area contributed by atoms with Crippen molar-refractivity contribution in [3.05, 3.63) is 60.0 Å². The van der Waals surface area contributed by atoms with Crippen LogP contribution in [0.2, 0.25) is 0 Å². The number of ether oxygens (including phenoxy) is 1. The average molecular weight is 322 g/mol. The predicted octanol–water partition coefficient (Wildman–Crippen LogP) is 2.97. The number of hydrogen-bond donors (Lipinski definition) is 0. The highest BCUT2D eigenvalue weighted by atomic mass is 16.5. The van der Waals surface area contributed by atoms with Crippen molar-refractivity contribution in [2.24, 2.45) is 0 Å². The number of carbonyl (C=O) groups is 1. The Hall–Kier alpha value is -2.82. The zero-order chi connectivity index (χ0) is 16.5. The van der Waals surface area contributed by atoms with Gasteiger partial charge >= 0.3 is 0 Å². The molecule has 3 aromatic rings. The fraction of sp³-hybridized carbons (Fsp3) is 0.263. The summed E-state index contributed by atoms with van der Waals surface area (Å²) in [5.41, 5.74) is 2.69. The van der Waals surface area contributed by atoms with E-state index in [2.05, 4.69) is 4.98 Å². The largest absolute Gasteiger partial charge is 0.487 e. The van der Waals surface area contributed by atoms with Crippen molar-refractivity contribution < 1.29 is 13.9 Å². The highest BCUT2D eigenvalue weighted by molar-refractivity contribution is 5.80. The summed E-state index contributed by atoms with van der Waals surface area (Å²) in [7, 11) is 0. The van der Waals surface area contributed by atoms with E-state index in [4.69, 9.17) is 9.15 Å². The van der Waals surface area contributed by atoms with Crippen LogP contribution in [0.4, 0.5) is 0 Å². The molecule has 1 aliphatic heterocycles. The van der Waals surface area contributed by atoms with E-state index in [0.717, 1.165) is 11.3 Å². The van der Waals surface area contributed by atoms with E-state index in [1.165, 1.54) is 5.56 Å². The number of benzene rings is 2. The first-order chi connectivity index (χ1) is 11.7. The molecule has 1 aliphatic rings. The molecule has 0 atom stereocenters. The van der Waals surface area contributed by atoms with Crippen LogP contribution in [0.5, 0.6) is 5.75 Å². The Kier molecular flexibility index (Phi) is 3.69. The molecule has 0 saturated carbocycles. The van der Waals surface area contributed by atoms with Gasteiger partial charge in [0, 0.05) is 0 Å². The van der Waals surface area contributed by atoms with Crippen LogP contribution in [-0.4, -0.2) is 35.0 Å². The lowest BCUT2D eigenvalue weighted by Crippen LogP contribution is -2.56. The maximum absolute atomic E-state index is 12.3. The van der Waals surface area contributed by atoms with Gasteiger partial charge in [-0.3, -0.25) is 4.79 Å². The number of likely N-dealkylation sites (tertiary alicyclic amines) is 1. The Balaban J connectivity index is 1.31. The Labute approximate surface area is 139 Å². The molecule has 2 heterocycles. The van der Waals surface area contributed by atoms with Gasteiger partial charge in [-0.2, -0.15) is 0 Å². The third-order valence-electron chi connectivity index (χ3n) is 4.17. The zero-order valence-electron chi connectivity index (χ0n) is 13.4. The highest BCUT2D eigenvalue weighted by Gasteiger charge is 2.32. The zero-order valence-corrected chi connectivity index (χ0v) is 13.4. The molecule has 0 aliphatic carbocycles. The van der Waals surface area contributed by atoms with E-state index in [9.17, 15) is 4.79 Å². The van der Waals surface area contributed by atoms with Crippen molar-refractivity contribution in [1.29, 1.82) is 0 Å². The van der Waals surface area contributed by atoms with Crippen LogP contribution in [0.15, 0.2) is 52.9 Å². The number of aromatic nitrogens is 1. The van der Waals surface area contributed by atoms with E-state index < -0.39 is 0 Å². The van der Waals surface area contributed by atoms with Crippen molar-refractivity contribution in [2.75, 3.05) is 13.1 Å². The Morgan fingerprint density at radius 3 is 2.71 bits per heavy atom. The van der Waals surface area contributed by atoms with Crippen molar-refractivity contribution in [2.45, 2.75) is 19.4 Å². The van der Waals surface area contributed by atoms with Gasteiger partial charge in [0.15, 0.2) is 5.58 Å². The molecule has 1 amide bonds. The smallest absolute Gasteiger partial charge is 0.232 e. The van der Waals surface area contributed by atoms with Gasteiger partial charge in [-0.15, -0.1) is 0 Å². The maximum Gasteiger partial charge on any atom is 0.232 e. The van der Waals surface area contributed by atoms with Gasteiger partial charge in [0.1, 0.15) is 23.8 Å². The van der Waals surface area contributed by atoms with E-state index >= 15 is 0 Å². The molecule has 0 radical (unpaired) electrons. The maximum atomic E-state index is 12.3. The van der Waals surface area contributed by atoms with E-state index in [1.54, 1.807) is 4.90 Å². The first-order valence-corrected chi connectivity index (χ1v) is 8.03. The van der Waals surface area contributed by atoms with E-state index in [-0.39, 0.29) is 18.4 Å². The molecule has 1 aromatic heterocycles. The summed E-state index contributed by atoms with van der Waals surface area (Å²) in [5.74, 6) is 1.33. The van der Waals surface area contributed by atoms with Crippen molar-refractivity contribution >= 4 is 17.0 Å². The average Bonchev–Trinajstić information content (AvgIpc) is 2.94. The normalized spacial score (nSPS) is 14.6. The molecule has 5 heteroatoms. The van der Waals surface area contributed by atoms with Gasteiger partial charge in [0.05, 0.1) is 13.1 Å². The summed E-state index contributed by atoms with van der Waals surface area (Å²) in [5, 5.41) is 0. The summed E-state index contributed by atoms with van der Waals surface area (Å²) < 4.78 is 11.5. The topological polar surface area (TPSA) is 55.6 Å². The molecule has 0 bridgehead atoms. The first kappa shape index (κ1) is 14.8. The van der Waals surface area contributed by atoms with Crippen molar-refractivity contribution in [1.82, 2.24) is 9.88 Å². The minimum absolute atomic E-state index is 0.0188. The number of oxazole rings is 1. The van der Waals surface area contributed by atoms with Crippen LogP contribution in [0.1, 0.15) is 11.5 Å².